The van der Waals surface area contributed by atoms with Gasteiger partial charge in [-0.25, -0.2) is 4.39 Å². The van der Waals surface area contributed by atoms with E-state index in [4.69, 9.17) is 4.74 Å². The molecule has 0 aliphatic heterocycles. The van der Waals surface area contributed by atoms with Gasteiger partial charge < -0.3 is 15.4 Å². The van der Waals surface area contributed by atoms with Crippen molar-refractivity contribution in [2.45, 2.75) is 13.8 Å². The summed E-state index contributed by atoms with van der Waals surface area (Å²) in [5.74, 6) is -0.0201. The largest absolute Gasteiger partial charge is 0.492 e. The first-order valence-electron chi connectivity index (χ1n) is 9.59. The van der Waals surface area contributed by atoms with Gasteiger partial charge in [-0.3, -0.25) is 14.5 Å². The zero-order valence-corrected chi connectivity index (χ0v) is 17.1. The van der Waals surface area contributed by atoms with Crippen molar-refractivity contribution in [2.24, 2.45) is 5.92 Å². The number of carbonyl (C=O) groups excluding carboxylic acids is 2. The molecule has 0 aliphatic rings. The summed E-state index contributed by atoms with van der Waals surface area (Å²) >= 11 is 0. The molecule has 2 aromatic rings. The van der Waals surface area contributed by atoms with Gasteiger partial charge in [0, 0.05) is 19.2 Å². The molecule has 0 saturated carbocycles. The lowest BCUT2D eigenvalue weighted by atomic mass is 10.1. The fourth-order valence-corrected chi connectivity index (χ4v) is 2.57. The van der Waals surface area contributed by atoms with Crippen LogP contribution in [0, 0.1) is 11.7 Å². The smallest absolute Gasteiger partial charge is 0.253 e. The van der Waals surface area contributed by atoms with E-state index in [1.165, 1.54) is 12.1 Å². The minimum atomic E-state index is -0.355. The fourth-order valence-electron chi connectivity index (χ4n) is 2.57. The summed E-state index contributed by atoms with van der Waals surface area (Å²) in [5, 5.41) is 5.65. The molecule has 156 valence electrons. The predicted octanol–water partition coefficient (Wildman–Crippen LogP) is 3.16. The average molecular weight is 401 g/mol. The van der Waals surface area contributed by atoms with Crippen LogP contribution < -0.4 is 15.4 Å². The molecule has 6 nitrogen and oxygen atoms in total. The van der Waals surface area contributed by atoms with E-state index in [0.717, 1.165) is 0 Å². The summed E-state index contributed by atoms with van der Waals surface area (Å²) in [4.78, 5) is 26.5. The molecule has 2 N–H and O–H groups in total. The monoisotopic (exact) mass is 401 g/mol. The Labute approximate surface area is 171 Å². The number of nitrogens with zero attached hydrogens (tertiary/aromatic N) is 1. The number of ether oxygens (including phenoxy) is 1. The highest BCUT2D eigenvalue weighted by Crippen LogP contribution is 2.15. The molecule has 7 heteroatoms. The number of anilines is 1. The molecule has 0 bridgehead atoms. The van der Waals surface area contributed by atoms with E-state index >= 15 is 0 Å². The summed E-state index contributed by atoms with van der Waals surface area (Å²) < 4.78 is 18.6. The number of amides is 2. The molecule has 0 atom stereocenters. The highest BCUT2D eigenvalue weighted by molar-refractivity contribution is 6.04. The van der Waals surface area contributed by atoms with Crippen LogP contribution in [-0.2, 0) is 4.79 Å². The highest BCUT2D eigenvalue weighted by atomic mass is 19.1. The summed E-state index contributed by atoms with van der Waals surface area (Å²) in [6.07, 6.45) is 0. The average Bonchev–Trinajstić information content (AvgIpc) is 2.66. The van der Waals surface area contributed by atoms with Crippen LogP contribution in [-0.4, -0.2) is 50.0 Å². The third kappa shape index (κ3) is 7.91. The zero-order chi connectivity index (χ0) is 21.2. The quantitative estimate of drug-likeness (QED) is 0.642. The molecular formula is C22H28FN3O3. The Morgan fingerprint density at radius 3 is 2.62 bits per heavy atom. The summed E-state index contributed by atoms with van der Waals surface area (Å²) in [5.41, 5.74) is 0.904. The van der Waals surface area contributed by atoms with E-state index in [1.807, 2.05) is 13.8 Å². The van der Waals surface area contributed by atoms with Crippen LogP contribution in [0.1, 0.15) is 24.2 Å². The van der Waals surface area contributed by atoms with Crippen molar-refractivity contribution < 1.29 is 18.7 Å². The third-order valence-electron chi connectivity index (χ3n) is 4.07. The molecule has 0 aliphatic carbocycles. The zero-order valence-electron chi connectivity index (χ0n) is 17.1. The van der Waals surface area contributed by atoms with Crippen molar-refractivity contribution in [3.8, 4) is 5.75 Å². The molecular weight excluding hydrogens is 373 g/mol. The summed E-state index contributed by atoms with van der Waals surface area (Å²) in [6.45, 7) is 5.54. The van der Waals surface area contributed by atoms with Crippen LogP contribution in [0.3, 0.4) is 0 Å². The van der Waals surface area contributed by atoms with Crippen LogP contribution in [0.2, 0.25) is 0 Å². The minimum Gasteiger partial charge on any atom is -0.492 e. The van der Waals surface area contributed by atoms with Crippen molar-refractivity contribution >= 4 is 17.5 Å². The molecule has 2 rings (SSSR count). The number of para-hydroxylation sites is 1. The van der Waals surface area contributed by atoms with Gasteiger partial charge >= 0.3 is 0 Å². The maximum absolute atomic E-state index is 13.1. The number of benzene rings is 2. The Morgan fingerprint density at radius 1 is 1.14 bits per heavy atom. The van der Waals surface area contributed by atoms with Crippen LogP contribution >= 0.6 is 0 Å². The van der Waals surface area contributed by atoms with E-state index in [0.29, 0.717) is 42.6 Å². The van der Waals surface area contributed by atoms with Gasteiger partial charge in [-0.1, -0.05) is 32.0 Å². The lowest BCUT2D eigenvalue weighted by Gasteiger charge is -2.17. The number of halogens is 1. The minimum absolute atomic E-state index is 0.133. The van der Waals surface area contributed by atoms with E-state index in [9.17, 15) is 14.0 Å². The van der Waals surface area contributed by atoms with Gasteiger partial charge in [0.2, 0.25) is 5.91 Å². The molecule has 0 fully saturated rings. The van der Waals surface area contributed by atoms with Crippen molar-refractivity contribution in [2.75, 3.05) is 38.6 Å². The first kappa shape index (κ1) is 22.4. The van der Waals surface area contributed by atoms with Crippen LogP contribution in [0.15, 0.2) is 48.5 Å². The Hall–Kier alpha value is -2.93. The van der Waals surface area contributed by atoms with Gasteiger partial charge in [0.25, 0.3) is 5.91 Å². The van der Waals surface area contributed by atoms with Gasteiger partial charge in [-0.05, 0) is 37.2 Å². The van der Waals surface area contributed by atoms with Gasteiger partial charge in [0.05, 0.1) is 17.8 Å². The lowest BCUT2D eigenvalue weighted by molar-refractivity contribution is -0.117. The van der Waals surface area contributed by atoms with Crippen molar-refractivity contribution in [1.82, 2.24) is 10.2 Å². The molecule has 0 unspecified atom stereocenters. The molecule has 29 heavy (non-hydrogen) atoms. The number of rotatable bonds is 10. The van der Waals surface area contributed by atoms with E-state index in [2.05, 4.69) is 10.6 Å². The van der Waals surface area contributed by atoms with Crippen LogP contribution in [0.5, 0.6) is 5.75 Å². The molecule has 2 amide bonds. The fraction of sp³-hybridized carbons (Fsp3) is 0.364. The van der Waals surface area contributed by atoms with E-state index in [-0.39, 0.29) is 24.2 Å². The predicted molar refractivity (Wildman–Crippen MR) is 112 cm³/mol. The molecule has 0 spiro atoms. The van der Waals surface area contributed by atoms with Gasteiger partial charge in [-0.15, -0.1) is 0 Å². The first-order valence-corrected chi connectivity index (χ1v) is 9.59. The first-order chi connectivity index (χ1) is 13.8. The summed E-state index contributed by atoms with van der Waals surface area (Å²) in [6, 6.07) is 12.8. The molecule has 0 aromatic heterocycles. The number of nitrogens with one attached hydrogen (secondary N) is 2. The van der Waals surface area contributed by atoms with Gasteiger partial charge in [0.15, 0.2) is 0 Å². The Bertz CT molecular complexity index is 826. The third-order valence-corrected chi connectivity index (χ3v) is 4.07. The van der Waals surface area contributed by atoms with Crippen molar-refractivity contribution in [3.63, 3.8) is 0 Å². The number of carbonyl (C=O) groups is 2. The van der Waals surface area contributed by atoms with E-state index < -0.39 is 0 Å². The number of likely N-dealkylation sites (N-methyl/N-ethyl adjacent to an activating group) is 1. The molecule has 0 radical (unpaired) electrons. The molecule has 0 heterocycles. The van der Waals surface area contributed by atoms with Crippen LogP contribution in [0.25, 0.3) is 0 Å². The summed E-state index contributed by atoms with van der Waals surface area (Å²) in [7, 11) is 1.79. The highest BCUT2D eigenvalue weighted by Gasteiger charge is 2.14. The Balaban J connectivity index is 1.83. The second-order valence-corrected chi connectivity index (χ2v) is 7.24. The van der Waals surface area contributed by atoms with Gasteiger partial charge in [-0.2, -0.15) is 0 Å². The van der Waals surface area contributed by atoms with Crippen LogP contribution in [0.4, 0.5) is 10.1 Å². The Morgan fingerprint density at radius 2 is 1.90 bits per heavy atom. The second kappa shape index (κ2) is 11.2. The topological polar surface area (TPSA) is 70.7 Å². The number of hydrogen-bond donors (Lipinski definition) is 2. The number of hydrogen-bond acceptors (Lipinski definition) is 4. The SMILES string of the molecule is CC(C)CNC(=O)c1ccccc1NC(=O)CN(C)CCOc1cccc(F)c1. The maximum atomic E-state index is 13.1. The lowest BCUT2D eigenvalue weighted by Crippen LogP contribution is -2.34. The van der Waals surface area contributed by atoms with Crippen molar-refractivity contribution in [3.05, 3.63) is 59.9 Å². The normalized spacial score (nSPS) is 10.8. The molecule has 0 saturated heterocycles. The Kier molecular flexibility index (Phi) is 8.61. The standard InChI is InChI=1S/C22H28FN3O3/c1-16(2)14-24-22(28)19-9-4-5-10-20(19)25-21(27)15-26(3)11-12-29-18-8-6-7-17(23)13-18/h4-10,13,16H,11-12,14-15H2,1-3H3,(H,24,28)(H,25,27). The maximum Gasteiger partial charge on any atom is 0.253 e. The molecule has 2 aromatic carbocycles. The van der Waals surface area contributed by atoms with Gasteiger partial charge in [0.1, 0.15) is 18.2 Å². The van der Waals surface area contributed by atoms with E-state index in [1.54, 1.807) is 48.3 Å². The second-order valence-electron chi connectivity index (χ2n) is 7.24. The van der Waals surface area contributed by atoms with Crippen molar-refractivity contribution in [1.29, 1.82) is 0 Å².